The molecule has 104 valence electrons. The molecule has 0 unspecified atom stereocenters. The van der Waals surface area contributed by atoms with Crippen molar-refractivity contribution >= 4 is 17.6 Å². The van der Waals surface area contributed by atoms with Crippen molar-refractivity contribution in [3.05, 3.63) is 47.8 Å². The average Bonchev–Trinajstić information content (AvgIpc) is 2.82. The van der Waals surface area contributed by atoms with E-state index in [0.717, 1.165) is 0 Å². The van der Waals surface area contributed by atoms with E-state index in [1.165, 1.54) is 17.1 Å². The molecule has 0 fully saturated rings. The van der Waals surface area contributed by atoms with Gasteiger partial charge in [-0.05, 0) is 6.07 Å². The van der Waals surface area contributed by atoms with Crippen molar-refractivity contribution in [2.24, 2.45) is 5.73 Å². The largest absolute Gasteiger partial charge is 0.459 e. The van der Waals surface area contributed by atoms with Crippen molar-refractivity contribution in [3.8, 4) is 0 Å². The number of nitrogen functional groups attached to an aromatic ring is 1. The Bertz CT molecular complexity index is 636. The second kappa shape index (κ2) is 5.87. The molecule has 0 bridgehead atoms. The van der Waals surface area contributed by atoms with E-state index in [1.54, 1.807) is 24.3 Å². The molecule has 0 saturated heterocycles. The first-order chi connectivity index (χ1) is 9.56. The summed E-state index contributed by atoms with van der Waals surface area (Å²) in [6.07, 6.45) is 2.97. The smallest absolute Gasteiger partial charge is 0.328 e. The Morgan fingerprint density at radius 2 is 2.05 bits per heavy atom. The van der Waals surface area contributed by atoms with Gasteiger partial charge in [0.2, 0.25) is 5.91 Å². The molecular weight excluding hydrogens is 260 g/mol. The highest BCUT2D eigenvalue weighted by molar-refractivity contribution is 5.94. The predicted octanol–water partition coefficient (Wildman–Crippen LogP) is 0.308. The fourth-order valence-electron chi connectivity index (χ4n) is 1.69. The molecule has 4 N–H and O–H groups in total. The van der Waals surface area contributed by atoms with Crippen LogP contribution in [0.15, 0.2) is 36.7 Å². The molecule has 0 radical (unpaired) electrons. The van der Waals surface area contributed by atoms with Crippen LogP contribution in [-0.2, 0) is 22.7 Å². The highest BCUT2D eigenvalue weighted by atomic mass is 16.5. The Labute approximate surface area is 115 Å². The first-order valence-electron chi connectivity index (χ1n) is 5.87. The molecule has 7 heteroatoms. The number of esters is 1. The maximum atomic E-state index is 11.6. The van der Waals surface area contributed by atoms with Crippen molar-refractivity contribution in [2.45, 2.75) is 13.2 Å². The van der Waals surface area contributed by atoms with Gasteiger partial charge in [0.1, 0.15) is 13.2 Å². The number of anilines is 1. The predicted molar refractivity (Wildman–Crippen MR) is 71.4 cm³/mol. The number of nitrogens with two attached hydrogens (primary N) is 2. The van der Waals surface area contributed by atoms with E-state index in [1.807, 2.05) is 0 Å². The van der Waals surface area contributed by atoms with Gasteiger partial charge < -0.3 is 16.2 Å². The number of carbonyl (C=O) groups is 2. The summed E-state index contributed by atoms with van der Waals surface area (Å²) in [7, 11) is 0. The number of ether oxygens (including phenoxy) is 1. The highest BCUT2D eigenvalue weighted by Crippen LogP contribution is 2.09. The summed E-state index contributed by atoms with van der Waals surface area (Å²) < 4.78 is 6.46. The number of rotatable bonds is 5. The van der Waals surface area contributed by atoms with Crippen LogP contribution in [-0.4, -0.2) is 21.7 Å². The molecule has 1 aromatic carbocycles. The summed E-state index contributed by atoms with van der Waals surface area (Å²) in [5.74, 6) is -1.04. The summed E-state index contributed by atoms with van der Waals surface area (Å²) >= 11 is 0. The molecule has 0 saturated carbocycles. The van der Waals surface area contributed by atoms with E-state index in [9.17, 15) is 9.59 Å². The van der Waals surface area contributed by atoms with Crippen LogP contribution in [0.25, 0.3) is 0 Å². The maximum absolute atomic E-state index is 11.6. The highest BCUT2D eigenvalue weighted by Gasteiger charge is 2.10. The van der Waals surface area contributed by atoms with Crippen LogP contribution in [0.5, 0.6) is 0 Å². The van der Waals surface area contributed by atoms with Crippen molar-refractivity contribution in [2.75, 3.05) is 5.73 Å². The maximum Gasteiger partial charge on any atom is 0.328 e. The van der Waals surface area contributed by atoms with Crippen molar-refractivity contribution in [3.63, 3.8) is 0 Å². The molecule has 2 aromatic rings. The van der Waals surface area contributed by atoms with Gasteiger partial charge in [-0.2, -0.15) is 5.10 Å². The SMILES string of the molecule is NC(=O)c1ccccc1COC(=O)Cn1cc(N)cn1. The van der Waals surface area contributed by atoms with E-state index in [0.29, 0.717) is 16.8 Å². The Balaban J connectivity index is 1.95. The Hall–Kier alpha value is -2.83. The number of benzene rings is 1. The zero-order chi connectivity index (χ0) is 14.5. The Morgan fingerprint density at radius 1 is 1.30 bits per heavy atom. The van der Waals surface area contributed by atoms with Crippen molar-refractivity contribution < 1.29 is 14.3 Å². The van der Waals surface area contributed by atoms with Gasteiger partial charge in [0, 0.05) is 17.3 Å². The van der Waals surface area contributed by atoms with Crippen molar-refractivity contribution in [1.82, 2.24) is 9.78 Å². The van der Waals surface area contributed by atoms with E-state index in [-0.39, 0.29) is 13.2 Å². The molecule has 1 amide bonds. The van der Waals surface area contributed by atoms with Gasteiger partial charge in [-0.15, -0.1) is 0 Å². The van der Waals surface area contributed by atoms with Crippen LogP contribution in [0.3, 0.4) is 0 Å². The van der Waals surface area contributed by atoms with Gasteiger partial charge in [-0.3, -0.25) is 14.3 Å². The summed E-state index contributed by atoms with van der Waals surface area (Å²) in [5, 5.41) is 3.87. The average molecular weight is 274 g/mol. The third-order valence-electron chi connectivity index (χ3n) is 2.62. The van der Waals surface area contributed by atoms with Crippen LogP contribution < -0.4 is 11.5 Å². The Morgan fingerprint density at radius 3 is 2.70 bits per heavy atom. The summed E-state index contributed by atoms with van der Waals surface area (Å²) in [6.45, 7) is -0.0648. The lowest BCUT2D eigenvalue weighted by atomic mass is 10.1. The topological polar surface area (TPSA) is 113 Å². The monoisotopic (exact) mass is 274 g/mol. The lowest BCUT2D eigenvalue weighted by molar-refractivity contribution is -0.145. The van der Waals surface area contributed by atoms with Crippen LogP contribution in [0.4, 0.5) is 5.69 Å². The van der Waals surface area contributed by atoms with Crippen molar-refractivity contribution in [1.29, 1.82) is 0 Å². The third-order valence-corrected chi connectivity index (χ3v) is 2.62. The van der Waals surface area contributed by atoms with E-state index >= 15 is 0 Å². The third kappa shape index (κ3) is 3.35. The van der Waals surface area contributed by atoms with Crippen LogP contribution in [0, 0.1) is 0 Å². The number of primary amides is 1. The molecule has 7 nitrogen and oxygen atoms in total. The summed E-state index contributed by atoms with van der Waals surface area (Å²) in [6, 6.07) is 6.70. The number of hydrogen-bond acceptors (Lipinski definition) is 5. The quantitative estimate of drug-likeness (QED) is 0.762. The molecule has 2 rings (SSSR count). The first kappa shape index (κ1) is 13.6. The van der Waals surface area contributed by atoms with Crippen LogP contribution in [0.2, 0.25) is 0 Å². The number of carbonyl (C=O) groups excluding carboxylic acids is 2. The standard InChI is InChI=1S/C13H14N4O3/c14-10-5-16-17(6-10)7-12(18)20-8-9-3-1-2-4-11(9)13(15)19/h1-6H,7-8,14H2,(H2,15,19). The van der Waals surface area contributed by atoms with Gasteiger partial charge in [0.15, 0.2) is 0 Å². The summed E-state index contributed by atoms with van der Waals surface area (Å²) in [4.78, 5) is 22.9. The zero-order valence-electron chi connectivity index (χ0n) is 10.7. The minimum Gasteiger partial charge on any atom is -0.459 e. The van der Waals surface area contributed by atoms with Gasteiger partial charge in [0.05, 0.1) is 11.9 Å². The number of hydrogen-bond donors (Lipinski definition) is 2. The molecule has 1 heterocycles. The number of nitrogens with zero attached hydrogens (tertiary/aromatic N) is 2. The van der Waals surface area contributed by atoms with Gasteiger partial charge in [-0.1, -0.05) is 18.2 Å². The summed E-state index contributed by atoms with van der Waals surface area (Å²) in [5.41, 5.74) is 12.1. The van der Waals surface area contributed by atoms with Crippen LogP contribution in [0.1, 0.15) is 15.9 Å². The number of amides is 1. The molecule has 1 aromatic heterocycles. The van der Waals surface area contributed by atoms with E-state index in [4.69, 9.17) is 16.2 Å². The van der Waals surface area contributed by atoms with Crippen LogP contribution >= 0.6 is 0 Å². The van der Waals surface area contributed by atoms with Gasteiger partial charge in [0.25, 0.3) is 0 Å². The molecule has 0 spiro atoms. The number of aromatic nitrogens is 2. The minimum atomic E-state index is -0.559. The van der Waals surface area contributed by atoms with Gasteiger partial charge >= 0.3 is 5.97 Å². The molecule has 0 aliphatic carbocycles. The lowest BCUT2D eigenvalue weighted by Crippen LogP contribution is -2.17. The van der Waals surface area contributed by atoms with E-state index < -0.39 is 11.9 Å². The molecule has 0 atom stereocenters. The zero-order valence-corrected chi connectivity index (χ0v) is 10.7. The molecular formula is C13H14N4O3. The van der Waals surface area contributed by atoms with E-state index in [2.05, 4.69) is 5.10 Å². The fraction of sp³-hybridized carbons (Fsp3) is 0.154. The Kier molecular flexibility index (Phi) is 3.99. The second-order valence-electron chi connectivity index (χ2n) is 4.15. The first-order valence-corrected chi connectivity index (χ1v) is 5.87. The second-order valence-corrected chi connectivity index (χ2v) is 4.15. The fourth-order valence-corrected chi connectivity index (χ4v) is 1.69. The lowest BCUT2D eigenvalue weighted by Gasteiger charge is -2.08. The minimum absolute atomic E-state index is 0.0191. The molecule has 0 aliphatic heterocycles. The van der Waals surface area contributed by atoms with Gasteiger partial charge in [-0.25, -0.2) is 0 Å². The normalized spacial score (nSPS) is 10.2. The molecule has 0 aliphatic rings. The molecule has 20 heavy (non-hydrogen) atoms.